The second kappa shape index (κ2) is 4.94. The van der Waals surface area contributed by atoms with Gasteiger partial charge in [0.2, 0.25) is 0 Å². The summed E-state index contributed by atoms with van der Waals surface area (Å²) in [5.74, 6) is 0. The molecule has 2 aromatic rings. The van der Waals surface area contributed by atoms with Crippen LogP contribution in [0.2, 0.25) is 0 Å². The van der Waals surface area contributed by atoms with Crippen molar-refractivity contribution in [2.45, 2.75) is 11.4 Å². The van der Waals surface area contributed by atoms with E-state index >= 15 is 0 Å². The van der Waals surface area contributed by atoms with Gasteiger partial charge in [0.15, 0.2) is 0 Å². The lowest BCUT2D eigenvalue weighted by molar-refractivity contribution is 0.564. The highest BCUT2D eigenvalue weighted by atomic mass is 32.2. The fourth-order valence-electron chi connectivity index (χ4n) is 1.38. The van der Waals surface area contributed by atoms with E-state index in [0.29, 0.717) is 0 Å². The van der Waals surface area contributed by atoms with Gasteiger partial charge in [0.05, 0.1) is 12.5 Å². The van der Waals surface area contributed by atoms with Crippen molar-refractivity contribution >= 4 is 17.4 Å². The number of hydrogen-bond acceptors (Lipinski definition) is 3. The Hall–Kier alpha value is -1.35. The summed E-state index contributed by atoms with van der Waals surface area (Å²) in [4.78, 5) is 1.26. The minimum atomic E-state index is 0.800. The third kappa shape index (κ3) is 2.57. The van der Waals surface area contributed by atoms with Crippen molar-refractivity contribution in [2.75, 3.05) is 11.6 Å². The zero-order chi connectivity index (χ0) is 10.5. The molecule has 0 unspecified atom stereocenters. The van der Waals surface area contributed by atoms with E-state index in [0.717, 1.165) is 12.1 Å². The van der Waals surface area contributed by atoms with Crippen molar-refractivity contribution in [1.29, 1.82) is 0 Å². The average Bonchev–Trinajstić information content (AvgIpc) is 2.79. The van der Waals surface area contributed by atoms with Gasteiger partial charge in [-0.1, -0.05) is 12.1 Å². The van der Waals surface area contributed by atoms with Gasteiger partial charge in [-0.2, -0.15) is 0 Å². The van der Waals surface area contributed by atoms with E-state index in [9.17, 15) is 0 Å². The van der Waals surface area contributed by atoms with E-state index in [1.165, 1.54) is 10.6 Å². The molecule has 1 N–H and O–H groups in total. The Morgan fingerprint density at radius 1 is 1.27 bits per heavy atom. The van der Waals surface area contributed by atoms with Gasteiger partial charge in [-0.15, -0.1) is 11.8 Å². The summed E-state index contributed by atoms with van der Waals surface area (Å²) >= 11 is 1.75. The minimum Gasteiger partial charge on any atom is -0.472 e. The molecule has 2 rings (SSSR count). The summed E-state index contributed by atoms with van der Waals surface area (Å²) in [7, 11) is 0. The molecule has 0 bridgehead atoms. The first-order chi connectivity index (χ1) is 7.40. The second-order valence-corrected chi connectivity index (χ2v) is 4.03. The quantitative estimate of drug-likeness (QED) is 0.795. The molecule has 0 spiro atoms. The Morgan fingerprint density at radius 2 is 2.13 bits per heavy atom. The standard InChI is InChI=1S/C12H13NOS/c1-15-12-5-3-2-4-11(12)13-8-10-6-7-14-9-10/h2-7,9,13H,8H2,1H3. The maximum atomic E-state index is 5.01. The third-order valence-electron chi connectivity index (χ3n) is 2.17. The maximum absolute atomic E-state index is 5.01. The fourth-order valence-corrected chi connectivity index (χ4v) is 1.96. The number of para-hydroxylation sites is 1. The Kier molecular flexibility index (Phi) is 3.35. The first-order valence-electron chi connectivity index (χ1n) is 4.78. The van der Waals surface area contributed by atoms with E-state index in [1.54, 1.807) is 24.3 Å². The van der Waals surface area contributed by atoms with E-state index < -0.39 is 0 Å². The summed E-state index contributed by atoms with van der Waals surface area (Å²) in [6, 6.07) is 10.3. The Balaban J connectivity index is 2.04. The Morgan fingerprint density at radius 3 is 2.87 bits per heavy atom. The summed E-state index contributed by atoms with van der Waals surface area (Å²) < 4.78 is 5.01. The lowest BCUT2D eigenvalue weighted by Crippen LogP contribution is -1.98. The molecule has 0 fully saturated rings. The predicted octanol–water partition coefficient (Wildman–Crippen LogP) is 3.61. The minimum absolute atomic E-state index is 0.800. The lowest BCUT2D eigenvalue weighted by atomic mass is 10.3. The number of thioether (sulfide) groups is 1. The van der Waals surface area contributed by atoms with Gasteiger partial charge in [-0.25, -0.2) is 0 Å². The molecule has 0 aliphatic rings. The van der Waals surface area contributed by atoms with Crippen LogP contribution in [0.25, 0.3) is 0 Å². The molecule has 1 heterocycles. The summed E-state index contributed by atoms with van der Waals surface area (Å²) in [5, 5.41) is 3.39. The summed E-state index contributed by atoms with van der Waals surface area (Å²) in [6.07, 6.45) is 5.53. The molecule has 15 heavy (non-hydrogen) atoms. The van der Waals surface area contributed by atoms with Gasteiger partial charge in [0.25, 0.3) is 0 Å². The molecule has 0 radical (unpaired) electrons. The molecule has 0 saturated heterocycles. The van der Waals surface area contributed by atoms with Gasteiger partial charge < -0.3 is 9.73 Å². The number of hydrogen-bond donors (Lipinski definition) is 1. The van der Waals surface area contributed by atoms with Crippen LogP contribution < -0.4 is 5.32 Å². The average molecular weight is 219 g/mol. The largest absolute Gasteiger partial charge is 0.472 e. The Labute approximate surface area is 93.7 Å². The number of nitrogens with one attached hydrogen (secondary N) is 1. The number of rotatable bonds is 4. The van der Waals surface area contributed by atoms with Crippen molar-refractivity contribution in [3.63, 3.8) is 0 Å². The van der Waals surface area contributed by atoms with Crippen LogP contribution in [0.15, 0.2) is 52.2 Å². The number of benzene rings is 1. The molecule has 0 aliphatic carbocycles. The van der Waals surface area contributed by atoms with Crippen LogP contribution in [0.5, 0.6) is 0 Å². The smallest absolute Gasteiger partial charge is 0.0952 e. The first-order valence-corrected chi connectivity index (χ1v) is 6.00. The molecule has 1 aromatic carbocycles. The normalized spacial score (nSPS) is 10.2. The molecule has 0 amide bonds. The summed E-state index contributed by atoms with van der Waals surface area (Å²) in [5.41, 5.74) is 2.33. The van der Waals surface area contributed by atoms with Crippen LogP contribution >= 0.6 is 11.8 Å². The fraction of sp³-hybridized carbons (Fsp3) is 0.167. The van der Waals surface area contributed by atoms with Crippen LogP contribution in [-0.4, -0.2) is 6.26 Å². The van der Waals surface area contributed by atoms with Gasteiger partial charge >= 0.3 is 0 Å². The molecule has 2 nitrogen and oxygen atoms in total. The molecule has 0 aliphatic heterocycles. The molecule has 1 aromatic heterocycles. The van der Waals surface area contributed by atoms with Gasteiger partial charge in [-0.3, -0.25) is 0 Å². The molecular weight excluding hydrogens is 206 g/mol. The monoisotopic (exact) mass is 219 g/mol. The van der Waals surface area contributed by atoms with Crippen LogP contribution in [-0.2, 0) is 6.54 Å². The maximum Gasteiger partial charge on any atom is 0.0952 e. The molecular formula is C12H13NOS. The van der Waals surface area contributed by atoms with Gasteiger partial charge in [-0.05, 0) is 24.5 Å². The van der Waals surface area contributed by atoms with Crippen molar-refractivity contribution in [2.24, 2.45) is 0 Å². The Bertz CT molecular complexity index is 411. The van der Waals surface area contributed by atoms with Gasteiger partial charge in [0.1, 0.15) is 0 Å². The van der Waals surface area contributed by atoms with E-state index in [4.69, 9.17) is 4.42 Å². The zero-order valence-corrected chi connectivity index (χ0v) is 9.38. The SMILES string of the molecule is CSc1ccccc1NCc1ccoc1. The first kappa shape index (κ1) is 10.2. The van der Waals surface area contributed by atoms with Crippen molar-refractivity contribution in [3.05, 3.63) is 48.4 Å². The molecule has 0 saturated carbocycles. The topological polar surface area (TPSA) is 25.2 Å². The summed E-state index contributed by atoms with van der Waals surface area (Å²) in [6.45, 7) is 0.800. The van der Waals surface area contributed by atoms with Crippen LogP contribution in [0, 0.1) is 0 Å². The zero-order valence-electron chi connectivity index (χ0n) is 8.57. The lowest BCUT2D eigenvalue weighted by Gasteiger charge is -2.08. The van der Waals surface area contributed by atoms with Crippen LogP contribution in [0.1, 0.15) is 5.56 Å². The number of furan rings is 1. The highest BCUT2D eigenvalue weighted by molar-refractivity contribution is 7.98. The number of anilines is 1. The molecule has 78 valence electrons. The highest BCUT2D eigenvalue weighted by Crippen LogP contribution is 2.24. The van der Waals surface area contributed by atoms with Gasteiger partial charge in [0, 0.05) is 22.7 Å². The highest BCUT2D eigenvalue weighted by Gasteiger charge is 1.99. The molecule has 0 atom stereocenters. The second-order valence-electron chi connectivity index (χ2n) is 3.19. The third-order valence-corrected chi connectivity index (χ3v) is 2.97. The van der Waals surface area contributed by atoms with E-state index in [-0.39, 0.29) is 0 Å². The van der Waals surface area contributed by atoms with Crippen molar-refractivity contribution < 1.29 is 4.42 Å². The van der Waals surface area contributed by atoms with E-state index in [2.05, 4.69) is 29.8 Å². The molecule has 3 heteroatoms. The van der Waals surface area contributed by atoms with Crippen molar-refractivity contribution in [3.8, 4) is 0 Å². The van der Waals surface area contributed by atoms with E-state index in [1.807, 2.05) is 12.1 Å². The van der Waals surface area contributed by atoms with Crippen LogP contribution in [0.3, 0.4) is 0 Å². The predicted molar refractivity (Wildman–Crippen MR) is 64.3 cm³/mol. The van der Waals surface area contributed by atoms with Crippen molar-refractivity contribution in [1.82, 2.24) is 0 Å². The van der Waals surface area contributed by atoms with Crippen LogP contribution in [0.4, 0.5) is 5.69 Å².